The van der Waals surface area contributed by atoms with Crippen LogP contribution in [-0.4, -0.2) is 150 Å². The van der Waals surface area contributed by atoms with Gasteiger partial charge in [-0.1, -0.05) is 188 Å². The predicted octanol–water partition coefficient (Wildman–Crippen LogP) is 14.8. The molecule has 0 radical (unpaired) electrons. The second kappa shape index (κ2) is 41.0. The molecule has 0 bridgehead atoms. The number of anilines is 9. The van der Waals surface area contributed by atoms with Crippen molar-refractivity contribution >= 4 is 111 Å². The number of hydrogen-bond donors (Lipinski definition) is 9. The Labute approximate surface area is 824 Å². The van der Waals surface area contributed by atoms with Crippen molar-refractivity contribution in [2.24, 2.45) is 103 Å². The summed E-state index contributed by atoms with van der Waals surface area (Å²) in [7, 11) is 8.75. The summed E-state index contributed by atoms with van der Waals surface area (Å²) in [5.74, 6) is 4.80. The third-order valence-corrected chi connectivity index (χ3v) is 34.6. The van der Waals surface area contributed by atoms with Crippen LogP contribution in [0.3, 0.4) is 0 Å². The molecule has 5 saturated heterocycles. The highest BCUT2D eigenvalue weighted by atomic mass is 35.5. The van der Waals surface area contributed by atoms with Crippen molar-refractivity contribution in [1.82, 2.24) is 47.8 Å². The van der Waals surface area contributed by atoms with Gasteiger partial charge in [-0.3, -0.25) is 46.8 Å². The quantitative estimate of drug-likeness (QED) is 0.0614. The number of rotatable bonds is 10. The molecule has 35 heteroatoms. The number of hydrogen-bond acceptors (Lipinski definition) is 24. The van der Waals surface area contributed by atoms with Crippen molar-refractivity contribution in [1.29, 1.82) is 0 Å². The minimum atomic E-state index is -0.935. The molecule has 20 rings (SSSR count). The molecule has 10 heterocycles. The van der Waals surface area contributed by atoms with Gasteiger partial charge in [-0.05, 0) is 202 Å². The molecule has 0 unspecified atom stereocenters. The van der Waals surface area contributed by atoms with Gasteiger partial charge in [0.25, 0.3) is 27.8 Å². The molecule has 5 aromatic carbocycles. The van der Waals surface area contributed by atoms with Crippen molar-refractivity contribution in [3.8, 4) is 55.6 Å². The summed E-state index contributed by atoms with van der Waals surface area (Å²) in [5.41, 5.74) is 62.3. The minimum Gasteiger partial charge on any atom is -0.383 e. The Morgan fingerprint density at radius 1 is 0.343 bits per heavy atom. The monoisotopic (exact) mass is 1970 g/mol. The van der Waals surface area contributed by atoms with Gasteiger partial charge >= 0.3 is 0 Å². The molecule has 10 aromatic rings. The van der Waals surface area contributed by atoms with E-state index in [1.54, 1.807) is 125 Å². The normalized spacial score (nSPS) is 23.2. The number of nitrogens with zero attached hydrogens (tertiary/aromatic N) is 15. The Balaban J connectivity index is 0.000000124. The molecule has 0 amide bonds. The molecule has 18 N–H and O–H groups in total. The Bertz CT molecular complexity index is 6360. The maximum absolute atomic E-state index is 14.3. The molecule has 5 aliphatic carbocycles. The topological polar surface area (TPSA) is 425 Å². The first kappa shape index (κ1) is 99.9. The summed E-state index contributed by atoms with van der Waals surface area (Å²) in [6.07, 6.45) is 24.5. The smallest absolute Gasteiger partial charge is 0.264 e. The van der Waals surface area contributed by atoms with E-state index >= 15 is 0 Å². The van der Waals surface area contributed by atoms with Gasteiger partial charge in [0.05, 0.1) is 47.9 Å². The van der Waals surface area contributed by atoms with Gasteiger partial charge in [-0.25, -0.2) is 9.37 Å². The SMILES string of the molecule is C[C@@H]1CC2(CCN(c3nc(N)c(-c4ccccc4)c(=O)n3C)CC2)[C@H](N)[C@H]1F.C[C@H]1C[C@@H](N)C2(CCN(c3nc(N)c(-c4ccc(Cl)cc4)c(=O)n3C)CC2)C1.Cn1c(N2CCC3(CCC[C@H]3N)CC2)nc(N)c(-c2cccc(Cl)c2Cl)c1=O.Cn1c(N2CCC3(CCC[C@H]3N)CC2)nc(N)c(-c2ccccc2)c1=O.Cn1c(N2CCC3(CCC[C@H]3N)CC2)ncc(-c2cccc(Cl)c2Cl)c1=O. The van der Waals surface area contributed by atoms with Gasteiger partial charge in [0.1, 0.15) is 29.4 Å². The lowest BCUT2D eigenvalue weighted by molar-refractivity contribution is 0.166. The van der Waals surface area contributed by atoms with E-state index in [1.807, 2.05) is 67.6 Å². The lowest BCUT2D eigenvalue weighted by atomic mass is 9.74. The van der Waals surface area contributed by atoms with Crippen molar-refractivity contribution in [3.63, 3.8) is 0 Å². The standard InChI is InChI=1S/C21H28ClN5O.C21H28FN5O.C20H25Cl2N5O.C20H24Cl2N4O.C20H27N5O/c1-13-11-16(23)21(12-13)7-9-27(10-8-21)20-25-18(24)17(19(28)26(20)2)14-3-5-15(22)6-4-14;1-13-12-21(17(23)16(13)22)8-10-27(11-9-21)20-25-18(24)15(19(28)26(20)2)14-6-4-3-5-7-14;1-26-18(28)15(12-4-2-5-13(21)16(12)22)17(24)25-19(26)27-10-8-20(9-11-27)7-3-6-14(20)23;1-25-18(27)14(13-4-2-5-15(21)17(13)22)12-24-19(25)26-10-8-20(9-11-26)7-3-6-16(20)23;1-24-18(26)16(14-6-3-2-4-7-14)17(22)23-19(24)25-12-10-20(11-13-25)9-5-8-15(20)21/h3-6,13,16H,7-12,23-24H2,1-2H3;3-7,13,16-17H,8-12,23-24H2,1-2H3;2,4-5,14H,3,6-11,23-24H2,1H3;2,4-5,12,16H,3,6-11,23H2,1H3;2-4,6-7,15H,5,8-13,21-22H2,1H3/t13-,16+;13-,16+,17-;14-;16-;15-/m01111/s1. The van der Waals surface area contributed by atoms with E-state index < -0.39 is 12.2 Å². The molecule has 5 aromatic heterocycles. The van der Waals surface area contributed by atoms with Crippen LogP contribution >= 0.6 is 58.0 Å². The average Bonchev–Trinajstić information content (AvgIpc) is 1.50. The van der Waals surface area contributed by atoms with Crippen molar-refractivity contribution in [2.75, 3.05) is 113 Å². The van der Waals surface area contributed by atoms with E-state index in [1.165, 1.54) is 44.9 Å². The second-order valence-electron chi connectivity index (χ2n) is 40.5. The van der Waals surface area contributed by atoms with E-state index in [-0.39, 0.29) is 95.9 Å². The maximum Gasteiger partial charge on any atom is 0.264 e. The van der Waals surface area contributed by atoms with Crippen LogP contribution in [0.1, 0.15) is 155 Å². The number of halogens is 6. The van der Waals surface area contributed by atoms with Gasteiger partial charge in [0.2, 0.25) is 29.7 Å². The first-order chi connectivity index (χ1) is 65.4. The zero-order chi connectivity index (χ0) is 97.6. The van der Waals surface area contributed by atoms with Crippen molar-refractivity contribution in [2.45, 2.75) is 191 Å². The summed E-state index contributed by atoms with van der Waals surface area (Å²) < 4.78 is 22.3. The first-order valence-electron chi connectivity index (χ1n) is 48.4. The molecule has 10 fully saturated rings. The van der Waals surface area contributed by atoms with Gasteiger partial charge < -0.3 is 76.1 Å². The number of piperidine rings is 5. The number of benzene rings is 5. The Kier molecular flexibility index (Phi) is 29.9. The molecule has 137 heavy (non-hydrogen) atoms. The van der Waals surface area contributed by atoms with E-state index in [2.05, 4.69) is 56.3 Å². The van der Waals surface area contributed by atoms with Crippen LogP contribution in [0.4, 0.5) is 57.4 Å². The fourth-order valence-corrected chi connectivity index (χ4v) is 25.2. The molecule has 10 aliphatic rings. The van der Waals surface area contributed by atoms with E-state index in [0.717, 1.165) is 165 Å². The molecule has 5 spiro atoms. The zero-order valence-corrected chi connectivity index (χ0v) is 83.4. The largest absolute Gasteiger partial charge is 0.383 e. The zero-order valence-electron chi connectivity index (χ0n) is 79.6. The molecule has 8 atom stereocenters. The van der Waals surface area contributed by atoms with Crippen LogP contribution < -0.4 is 104 Å². The molecule has 29 nitrogen and oxygen atoms in total. The predicted molar refractivity (Wildman–Crippen MR) is 555 cm³/mol. The maximum atomic E-state index is 14.3. The summed E-state index contributed by atoms with van der Waals surface area (Å²) >= 11 is 30.8. The van der Waals surface area contributed by atoms with E-state index in [0.29, 0.717) is 125 Å². The fourth-order valence-electron chi connectivity index (χ4n) is 24.3. The van der Waals surface area contributed by atoms with Crippen LogP contribution in [0.2, 0.25) is 25.1 Å². The second-order valence-corrected chi connectivity index (χ2v) is 42.5. The van der Waals surface area contributed by atoms with Gasteiger partial charge in [0.15, 0.2) is 0 Å². The minimum absolute atomic E-state index is 0.00447. The Morgan fingerprint density at radius 2 is 0.664 bits per heavy atom. The first-order valence-corrected chi connectivity index (χ1v) is 50.3. The van der Waals surface area contributed by atoms with Crippen LogP contribution in [0.15, 0.2) is 151 Å². The van der Waals surface area contributed by atoms with E-state index in [9.17, 15) is 28.4 Å². The highest BCUT2D eigenvalue weighted by Gasteiger charge is 2.53. The average molecular weight is 1970 g/mol. The molecular weight excluding hydrogens is 1840 g/mol. The number of alkyl halides is 1. The van der Waals surface area contributed by atoms with Crippen molar-refractivity contribution in [3.05, 3.63) is 204 Å². The summed E-state index contributed by atoms with van der Waals surface area (Å²) in [5, 5.41) is 2.09. The third-order valence-electron chi connectivity index (χ3n) is 32.7. The lowest BCUT2D eigenvalue weighted by Gasteiger charge is -2.42. The van der Waals surface area contributed by atoms with Crippen molar-refractivity contribution < 1.29 is 4.39 Å². The Hall–Kier alpha value is -10.1. The number of aromatic nitrogens is 10. The number of nitrogen functional groups attached to an aromatic ring is 4. The summed E-state index contributed by atoms with van der Waals surface area (Å²) in [6, 6.07) is 37.1. The third kappa shape index (κ3) is 19.6. The van der Waals surface area contributed by atoms with Gasteiger partial charge in [-0.15, -0.1) is 0 Å². The molecule has 5 saturated carbocycles. The summed E-state index contributed by atoms with van der Waals surface area (Å²) in [6.45, 7) is 12.5. The van der Waals surface area contributed by atoms with Crippen LogP contribution in [0.5, 0.6) is 0 Å². The van der Waals surface area contributed by atoms with Crippen LogP contribution in [-0.2, 0) is 35.2 Å². The Morgan fingerprint density at radius 3 is 1.01 bits per heavy atom. The number of nitrogens with two attached hydrogens (primary N) is 9. The fraction of sp³-hybridized carbons (Fsp3) is 0.510. The highest BCUT2D eigenvalue weighted by Crippen LogP contribution is 2.53. The van der Waals surface area contributed by atoms with Crippen LogP contribution in [0, 0.1) is 38.9 Å². The van der Waals surface area contributed by atoms with Gasteiger partial charge in [0, 0.05) is 153 Å². The molecule has 732 valence electrons. The summed E-state index contributed by atoms with van der Waals surface area (Å²) in [4.78, 5) is 98.8. The molecular formula is C102H132Cl5FN24O5. The lowest BCUT2D eigenvalue weighted by Crippen LogP contribution is -2.50. The highest BCUT2D eigenvalue weighted by molar-refractivity contribution is 6.44. The van der Waals surface area contributed by atoms with Gasteiger partial charge in [-0.2, -0.15) is 19.9 Å². The van der Waals surface area contributed by atoms with E-state index in [4.69, 9.17) is 110 Å². The van der Waals surface area contributed by atoms with Crippen LogP contribution in [0.25, 0.3) is 55.6 Å². The molecule has 5 aliphatic heterocycles.